The van der Waals surface area contributed by atoms with Crippen LogP contribution in [0.25, 0.3) is 0 Å². The largest absolute Gasteiger partial charge is 0.415 e. The van der Waals surface area contributed by atoms with Gasteiger partial charge in [-0.1, -0.05) is 100 Å². The van der Waals surface area contributed by atoms with Gasteiger partial charge in [-0.3, -0.25) is 0 Å². The van der Waals surface area contributed by atoms with Gasteiger partial charge in [-0.2, -0.15) is 0 Å². The van der Waals surface area contributed by atoms with Crippen molar-refractivity contribution in [1.82, 2.24) is 0 Å². The summed E-state index contributed by atoms with van der Waals surface area (Å²) in [6, 6.07) is 0. The molecule has 7 heteroatoms. The lowest BCUT2D eigenvalue weighted by Crippen LogP contribution is -2.50. The van der Waals surface area contributed by atoms with Crippen LogP contribution < -0.4 is 0 Å². The van der Waals surface area contributed by atoms with E-state index in [1.807, 2.05) is 0 Å². The van der Waals surface area contributed by atoms with E-state index in [-0.39, 0.29) is 6.29 Å². The third-order valence-electron chi connectivity index (χ3n) is 5.73. The predicted octanol–water partition coefficient (Wildman–Crippen LogP) is 9.46. The molecule has 0 saturated heterocycles. The molecule has 0 aliphatic carbocycles. The summed E-state index contributed by atoms with van der Waals surface area (Å²) in [5.41, 5.74) is 0. The van der Waals surface area contributed by atoms with Crippen molar-refractivity contribution >= 4 is 33.1 Å². The Hall–Kier alpha value is 0.754. The smallest absolute Gasteiger partial charge is 0.324 e. The summed E-state index contributed by atoms with van der Waals surface area (Å²) in [5.74, 6) is 0. The number of unbranched alkanes of at least 4 members (excludes halogenated alkanes) is 12. The highest BCUT2D eigenvalue weighted by Crippen LogP contribution is 2.22. The number of ether oxygens (including phenoxy) is 1. The maximum Gasteiger partial charge on any atom is 0.324 e. The second kappa shape index (κ2) is 22.0. The summed E-state index contributed by atoms with van der Waals surface area (Å²) in [4.78, 5) is 0. The van der Waals surface area contributed by atoms with Gasteiger partial charge >= 0.3 is 17.1 Å². The first-order chi connectivity index (χ1) is 15.8. The van der Waals surface area contributed by atoms with Crippen LogP contribution in [0, 0.1) is 0 Å². The normalized spacial score (nSPS) is 13.5. The van der Waals surface area contributed by atoms with Gasteiger partial charge in [-0.15, -0.1) is 0 Å². The topological polar surface area (TPSA) is 36.9 Å². The Balaban J connectivity index is 4.43. The number of halogens is 1. The maximum atomic E-state index is 6.55. The van der Waals surface area contributed by atoms with Crippen LogP contribution in [0.5, 0.6) is 0 Å². The Morgan fingerprint density at radius 2 is 1.12 bits per heavy atom. The van der Waals surface area contributed by atoms with Gasteiger partial charge in [0.1, 0.15) is 6.29 Å². The fraction of sp³-hybridized carbons (Fsp3) is 1.00. The van der Waals surface area contributed by atoms with Gasteiger partial charge in [-0.05, 0) is 58.3 Å². The van der Waals surface area contributed by atoms with Gasteiger partial charge in [0, 0.05) is 18.5 Å². The molecule has 0 spiro atoms. The van der Waals surface area contributed by atoms with E-state index in [4.69, 9.17) is 17.7 Å². The molecule has 0 radical (unpaired) electrons. The van der Waals surface area contributed by atoms with E-state index in [9.17, 15) is 0 Å². The average molecular weight is 570 g/mol. The zero-order chi connectivity index (χ0) is 24.8. The fourth-order valence-corrected chi connectivity index (χ4v) is 11.0. The van der Waals surface area contributed by atoms with Crippen LogP contribution in [0.2, 0.25) is 26.2 Å². The Morgan fingerprint density at radius 1 is 0.606 bits per heavy atom. The van der Waals surface area contributed by atoms with Crippen LogP contribution in [0.3, 0.4) is 0 Å². The fourth-order valence-electron chi connectivity index (χ4n) is 4.02. The Kier molecular flexibility index (Phi) is 22.5. The van der Waals surface area contributed by atoms with Crippen LogP contribution >= 0.6 is 15.9 Å². The van der Waals surface area contributed by atoms with Crippen molar-refractivity contribution in [2.45, 2.75) is 149 Å². The number of alkyl halides is 1. The van der Waals surface area contributed by atoms with Crippen LogP contribution in [-0.2, 0) is 17.7 Å². The summed E-state index contributed by atoms with van der Waals surface area (Å²) in [6.07, 6.45) is 19.7. The standard InChI is InChI=1S/C26H57BrO4Si2/c1-7-9-11-13-15-20-24-28-26(22-18-17-19-23-27)30-33(5,6)31-32(3,4)29-25-21-16-14-12-10-8-2/h26H,7-25H2,1-6H3. The van der Waals surface area contributed by atoms with Crippen molar-refractivity contribution < 1.29 is 17.7 Å². The first kappa shape index (κ1) is 33.8. The van der Waals surface area contributed by atoms with Gasteiger partial charge < -0.3 is 17.7 Å². The summed E-state index contributed by atoms with van der Waals surface area (Å²) in [5, 5.41) is 1.07. The molecular weight excluding hydrogens is 512 g/mol. The van der Waals surface area contributed by atoms with E-state index in [0.29, 0.717) is 0 Å². The van der Waals surface area contributed by atoms with E-state index in [1.165, 1.54) is 77.0 Å². The van der Waals surface area contributed by atoms with Crippen molar-refractivity contribution in [3.63, 3.8) is 0 Å². The molecule has 0 bridgehead atoms. The molecule has 0 aliphatic heterocycles. The quantitative estimate of drug-likeness (QED) is 0.0475. The van der Waals surface area contributed by atoms with E-state index in [1.54, 1.807) is 0 Å². The first-order valence-electron chi connectivity index (χ1n) is 14.0. The predicted molar refractivity (Wildman–Crippen MR) is 152 cm³/mol. The molecule has 0 N–H and O–H groups in total. The number of hydrogen-bond donors (Lipinski definition) is 0. The van der Waals surface area contributed by atoms with Crippen molar-refractivity contribution in [1.29, 1.82) is 0 Å². The molecular formula is C26H57BrO4Si2. The summed E-state index contributed by atoms with van der Waals surface area (Å²) < 4.78 is 25.5. The van der Waals surface area contributed by atoms with E-state index >= 15 is 0 Å². The Bertz CT molecular complexity index is 425. The van der Waals surface area contributed by atoms with Crippen molar-refractivity contribution in [2.24, 2.45) is 0 Å². The minimum atomic E-state index is -2.34. The first-order valence-corrected chi connectivity index (χ1v) is 20.7. The summed E-state index contributed by atoms with van der Waals surface area (Å²) >= 11 is 3.53. The molecule has 1 unspecified atom stereocenters. The molecule has 1 atom stereocenters. The minimum absolute atomic E-state index is 0.152. The van der Waals surface area contributed by atoms with Gasteiger partial charge in [0.2, 0.25) is 0 Å². The molecule has 4 nitrogen and oxygen atoms in total. The lowest BCUT2D eigenvalue weighted by atomic mass is 10.1. The monoisotopic (exact) mass is 568 g/mol. The molecule has 0 aromatic heterocycles. The average Bonchev–Trinajstić information content (AvgIpc) is 2.74. The molecule has 33 heavy (non-hydrogen) atoms. The Labute approximate surface area is 217 Å². The van der Waals surface area contributed by atoms with Crippen LogP contribution in [0.15, 0.2) is 0 Å². The van der Waals surface area contributed by atoms with Gasteiger partial charge in [0.05, 0.1) is 0 Å². The SMILES string of the molecule is CCCCCCCCOC(CCCCCBr)O[Si](C)(C)O[Si](C)(C)OCCCCCCCC. The lowest BCUT2D eigenvalue weighted by Gasteiger charge is -2.35. The van der Waals surface area contributed by atoms with Crippen molar-refractivity contribution in [2.75, 3.05) is 18.5 Å². The van der Waals surface area contributed by atoms with Gasteiger partial charge in [0.15, 0.2) is 0 Å². The van der Waals surface area contributed by atoms with E-state index < -0.39 is 17.1 Å². The lowest BCUT2D eigenvalue weighted by molar-refractivity contribution is -0.101. The van der Waals surface area contributed by atoms with E-state index in [0.717, 1.165) is 44.2 Å². The highest BCUT2D eigenvalue weighted by atomic mass is 79.9. The van der Waals surface area contributed by atoms with E-state index in [2.05, 4.69) is 56.0 Å². The Morgan fingerprint density at radius 3 is 1.70 bits per heavy atom. The molecule has 0 aromatic carbocycles. The number of hydrogen-bond acceptors (Lipinski definition) is 4. The highest BCUT2D eigenvalue weighted by Gasteiger charge is 2.38. The molecule has 0 aromatic rings. The molecule has 200 valence electrons. The highest BCUT2D eigenvalue weighted by molar-refractivity contribution is 9.09. The minimum Gasteiger partial charge on any atom is -0.415 e. The molecule has 0 amide bonds. The summed E-state index contributed by atoms with van der Waals surface area (Å²) in [7, 11) is -4.55. The molecule has 0 rings (SSSR count). The third-order valence-corrected chi connectivity index (χ3v) is 12.0. The van der Waals surface area contributed by atoms with Crippen LogP contribution in [-0.4, -0.2) is 42.0 Å². The molecule has 0 heterocycles. The summed E-state index contributed by atoms with van der Waals surface area (Å²) in [6.45, 7) is 14.7. The van der Waals surface area contributed by atoms with Gasteiger partial charge in [-0.25, -0.2) is 0 Å². The third kappa shape index (κ3) is 22.9. The maximum absolute atomic E-state index is 6.55. The molecule has 0 aliphatic rings. The van der Waals surface area contributed by atoms with Gasteiger partial charge in [0.25, 0.3) is 0 Å². The van der Waals surface area contributed by atoms with Crippen LogP contribution in [0.1, 0.15) is 117 Å². The second-order valence-corrected chi connectivity index (χ2v) is 18.0. The zero-order valence-corrected chi connectivity index (χ0v) is 26.6. The second-order valence-electron chi connectivity index (χ2n) is 10.2. The zero-order valence-electron chi connectivity index (χ0n) is 23.0. The van der Waals surface area contributed by atoms with Crippen molar-refractivity contribution in [3.05, 3.63) is 0 Å². The van der Waals surface area contributed by atoms with Crippen LogP contribution in [0.4, 0.5) is 0 Å². The molecule has 0 fully saturated rings. The molecule has 0 saturated carbocycles. The number of rotatable bonds is 25. The van der Waals surface area contributed by atoms with Crippen molar-refractivity contribution in [3.8, 4) is 0 Å².